The van der Waals surface area contributed by atoms with Crippen LogP contribution >= 0.6 is 11.6 Å². The third kappa shape index (κ3) is 4.59. The molecule has 0 saturated heterocycles. The zero-order valence-electron chi connectivity index (χ0n) is 17.2. The number of benzene rings is 3. The predicted molar refractivity (Wildman–Crippen MR) is 122 cm³/mol. The molecule has 3 aromatic carbocycles. The number of rotatable bonds is 6. The van der Waals surface area contributed by atoms with Crippen molar-refractivity contribution >= 4 is 23.2 Å². The average Bonchev–Trinajstić information content (AvgIpc) is 3.18. The van der Waals surface area contributed by atoms with Crippen molar-refractivity contribution in [3.8, 4) is 23.1 Å². The molecular formula is C24H21ClN4O2. The Morgan fingerprint density at radius 2 is 1.84 bits per heavy atom. The molecule has 0 unspecified atom stereocenters. The van der Waals surface area contributed by atoms with Gasteiger partial charge in [0.2, 0.25) is 0 Å². The van der Waals surface area contributed by atoms with E-state index in [-0.39, 0.29) is 5.91 Å². The van der Waals surface area contributed by atoms with Gasteiger partial charge < -0.3 is 10.1 Å². The molecule has 0 fully saturated rings. The van der Waals surface area contributed by atoms with Gasteiger partial charge in [-0.2, -0.15) is 4.98 Å². The molecule has 0 aliphatic heterocycles. The number of carbonyl (C=O) groups is 1. The second-order valence-corrected chi connectivity index (χ2v) is 7.33. The smallest absolute Gasteiger partial charge is 0.336 e. The number of ether oxygens (including phenoxy) is 1. The van der Waals surface area contributed by atoms with Gasteiger partial charge in [0.25, 0.3) is 5.91 Å². The van der Waals surface area contributed by atoms with Crippen LogP contribution in [0.5, 0.6) is 6.01 Å². The van der Waals surface area contributed by atoms with Gasteiger partial charge in [0, 0.05) is 21.8 Å². The Balaban J connectivity index is 1.63. The van der Waals surface area contributed by atoms with E-state index in [1.165, 1.54) is 0 Å². The van der Waals surface area contributed by atoms with Gasteiger partial charge in [-0.15, -0.1) is 5.10 Å². The van der Waals surface area contributed by atoms with Crippen molar-refractivity contribution in [2.75, 3.05) is 11.9 Å². The van der Waals surface area contributed by atoms with E-state index in [2.05, 4.69) is 15.4 Å². The highest BCUT2D eigenvalue weighted by Crippen LogP contribution is 2.27. The lowest BCUT2D eigenvalue weighted by Gasteiger charge is -2.10. The molecular weight excluding hydrogens is 412 g/mol. The summed E-state index contributed by atoms with van der Waals surface area (Å²) in [7, 11) is 0. The first-order valence-electron chi connectivity index (χ1n) is 9.88. The molecule has 1 heterocycles. The molecule has 7 heteroatoms. The molecule has 1 N–H and O–H groups in total. The van der Waals surface area contributed by atoms with Crippen LogP contribution in [0.4, 0.5) is 5.69 Å². The Hall–Kier alpha value is -3.64. The van der Waals surface area contributed by atoms with E-state index in [4.69, 9.17) is 16.3 Å². The predicted octanol–water partition coefficient (Wildman–Crippen LogP) is 5.55. The number of halogens is 1. The average molecular weight is 433 g/mol. The van der Waals surface area contributed by atoms with Gasteiger partial charge in [-0.3, -0.25) is 4.79 Å². The van der Waals surface area contributed by atoms with Crippen LogP contribution in [0.1, 0.15) is 22.8 Å². The monoisotopic (exact) mass is 432 g/mol. The Morgan fingerprint density at radius 3 is 2.55 bits per heavy atom. The fourth-order valence-electron chi connectivity index (χ4n) is 3.18. The maximum absolute atomic E-state index is 12.5. The van der Waals surface area contributed by atoms with Crippen molar-refractivity contribution in [1.82, 2.24) is 14.8 Å². The Kier molecular flexibility index (Phi) is 6.00. The van der Waals surface area contributed by atoms with E-state index < -0.39 is 0 Å². The zero-order valence-corrected chi connectivity index (χ0v) is 17.9. The lowest BCUT2D eigenvalue weighted by Crippen LogP contribution is -2.11. The van der Waals surface area contributed by atoms with Crippen LogP contribution in [0.3, 0.4) is 0 Å². The van der Waals surface area contributed by atoms with Crippen LogP contribution in [-0.4, -0.2) is 27.3 Å². The maximum atomic E-state index is 12.5. The van der Waals surface area contributed by atoms with Crippen LogP contribution in [0.25, 0.3) is 17.1 Å². The molecule has 4 aromatic rings. The standard InChI is InChI=1S/C24H21ClN4O2/c1-3-31-24-27-22(21-10-5-4-7-16(21)2)29(28-24)20-13-11-19(12-14-20)26-23(30)17-8-6-9-18(25)15-17/h4-15H,3H2,1-2H3,(H,26,30). The first-order chi connectivity index (χ1) is 15.0. The molecule has 1 amide bonds. The summed E-state index contributed by atoms with van der Waals surface area (Å²) in [6.07, 6.45) is 0. The Morgan fingerprint density at radius 1 is 1.06 bits per heavy atom. The first-order valence-corrected chi connectivity index (χ1v) is 10.3. The third-order valence-corrected chi connectivity index (χ3v) is 4.94. The topological polar surface area (TPSA) is 69.0 Å². The molecule has 0 bridgehead atoms. The number of hydrogen-bond donors (Lipinski definition) is 1. The van der Waals surface area contributed by atoms with E-state index in [0.717, 1.165) is 16.8 Å². The van der Waals surface area contributed by atoms with Crippen LogP contribution in [0.2, 0.25) is 5.02 Å². The SMILES string of the molecule is CCOc1nc(-c2ccccc2C)n(-c2ccc(NC(=O)c3cccc(Cl)c3)cc2)n1. The van der Waals surface area contributed by atoms with Crippen molar-refractivity contribution < 1.29 is 9.53 Å². The summed E-state index contributed by atoms with van der Waals surface area (Å²) >= 11 is 5.98. The number of nitrogens with one attached hydrogen (secondary N) is 1. The second kappa shape index (κ2) is 9.02. The van der Waals surface area contributed by atoms with Gasteiger partial charge in [0.1, 0.15) is 0 Å². The summed E-state index contributed by atoms with van der Waals surface area (Å²) in [6, 6.07) is 22.5. The van der Waals surface area contributed by atoms with E-state index in [1.807, 2.05) is 62.4 Å². The molecule has 1 aromatic heterocycles. The molecule has 31 heavy (non-hydrogen) atoms. The molecule has 6 nitrogen and oxygen atoms in total. The minimum absolute atomic E-state index is 0.227. The molecule has 0 atom stereocenters. The fourth-order valence-corrected chi connectivity index (χ4v) is 3.37. The maximum Gasteiger partial charge on any atom is 0.336 e. The van der Waals surface area contributed by atoms with Gasteiger partial charge in [-0.05, 0) is 61.9 Å². The highest BCUT2D eigenvalue weighted by molar-refractivity contribution is 6.31. The minimum atomic E-state index is -0.227. The van der Waals surface area contributed by atoms with Gasteiger partial charge in [-0.1, -0.05) is 41.9 Å². The first kappa shape index (κ1) is 20.6. The number of aromatic nitrogens is 3. The number of aryl methyl sites for hydroxylation is 1. The minimum Gasteiger partial charge on any atom is -0.463 e. The summed E-state index contributed by atoms with van der Waals surface area (Å²) < 4.78 is 7.28. The van der Waals surface area contributed by atoms with Crippen molar-refractivity contribution in [3.63, 3.8) is 0 Å². The van der Waals surface area contributed by atoms with Crippen LogP contribution in [-0.2, 0) is 0 Å². The molecule has 0 saturated carbocycles. The molecule has 156 valence electrons. The van der Waals surface area contributed by atoms with Gasteiger partial charge in [0.15, 0.2) is 5.82 Å². The Labute approximate surface area is 185 Å². The van der Waals surface area contributed by atoms with E-state index in [9.17, 15) is 4.79 Å². The number of carbonyl (C=O) groups excluding carboxylic acids is 1. The van der Waals surface area contributed by atoms with Gasteiger partial charge in [-0.25, -0.2) is 4.68 Å². The van der Waals surface area contributed by atoms with Crippen molar-refractivity contribution in [2.45, 2.75) is 13.8 Å². The van der Waals surface area contributed by atoms with E-state index in [0.29, 0.717) is 34.7 Å². The lowest BCUT2D eigenvalue weighted by atomic mass is 10.1. The molecule has 0 radical (unpaired) electrons. The highest BCUT2D eigenvalue weighted by Gasteiger charge is 2.16. The number of nitrogens with zero attached hydrogens (tertiary/aromatic N) is 3. The van der Waals surface area contributed by atoms with Gasteiger partial charge >= 0.3 is 6.01 Å². The van der Waals surface area contributed by atoms with Crippen LogP contribution < -0.4 is 10.1 Å². The number of anilines is 1. The largest absolute Gasteiger partial charge is 0.463 e. The second-order valence-electron chi connectivity index (χ2n) is 6.89. The molecule has 4 rings (SSSR count). The summed E-state index contributed by atoms with van der Waals surface area (Å²) in [6.45, 7) is 4.40. The molecule has 0 aliphatic rings. The van der Waals surface area contributed by atoms with Crippen LogP contribution in [0.15, 0.2) is 72.8 Å². The number of amides is 1. The van der Waals surface area contributed by atoms with E-state index in [1.54, 1.807) is 28.9 Å². The summed E-state index contributed by atoms with van der Waals surface area (Å²) in [4.78, 5) is 17.0. The summed E-state index contributed by atoms with van der Waals surface area (Å²) in [5.74, 6) is 0.465. The van der Waals surface area contributed by atoms with Crippen molar-refractivity contribution in [2.24, 2.45) is 0 Å². The normalized spacial score (nSPS) is 10.7. The highest BCUT2D eigenvalue weighted by atomic mass is 35.5. The fraction of sp³-hybridized carbons (Fsp3) is 0.125. The summed E-state index contributed by atoms with van der Waals surface area (Å²) in [5, 5.41) is 7.91. The number of hydrogen-bond acceptors (Lipinski definition) is 4. The lowest BCUT2D eigenvalue weighted by molar-refractivity contribution is 0.102. The molecule has 0 spiro atoms. The Bertz CT molecular complexity index is 1220. The summed E-state index contributed by atoms with van der Waals surface area (Å²) in [5.41, 5.74) is 4.02. The third-order valence-electron chi connectivity index (χ3n) is 4.70. The van der Waals surface area contributed by atoms with E-state index >= 15 is 0 Å². The van der Waals surface area contributed by atoms with Gasteiger partial charge in [0.05, 0.1) is 12.3 Å². The van der Waals surface area contributed by atoms with Crippen LogP contribution in [0, 0.1) is 6.92 Å². The quantitative estimate of drug-likeness (QED) is 0.434. The zero-order chi connectivity index (χ0) is 21.8. The van der Waals surface area contributed by atoms with Crippen molar-refractivity contribution in [3.05, 3.63) is 88.9 Å². The molecule has 0 aliphatic carbocycles. The van der Waals surface area contributed by atoms with Crippen molar-refractivity contribution in [1.29, 1.82) is 0 Å².